The highest BCUT2D eigenvalue weighted by molar-refractivity contribution is 5.46. The largest absolute Gasteiger partial charge is 0.496 e. The minimum Gasteiger partial charge on any atom is -0.496 e. The number of halogens is 1. The van der Waals surface area contributed by atoms with Gasteiger partial charge < -0.3 is 10.5 Å². The Balaban J connectivity index is 2.44. The fraction of sp³-hybridized carbons (Fsp3) is 0.538. The van der Waals surface area contributed by atoms with Crippen molar-refractivity contribution in [3.63, 3.8) is 0 Å². The number of methoxy groups -OCH3 is 1. The zero-order chi connectivity index (χ0) is 11.8. The summed E-state index contributed by atoms with van der Waals surface area (Å²) in [6.45, 7) is 2.15. The third kappa shape index (κ3) is 1.80. The van der Waals surface area contributed by atoms with Gasteiger partial charge in [0.2, 0.25) is 0 Å². The van der Waals surface area contributed by atoms with E-state index in [2.05, 4.69) is 0 Å². The van der Waals surface area contributed by atoms with Crippen LogP contribution in [-0.2, 0) is 5.41 Å². The van der Waals surface area contributed by atoms with Crippen molar-refractivity contribution in [2.24, 2.45) is 5.73 Å². The van der Waals surface area contributed by atoms with Crippen molar-refractivity contribution in [1.82, 2.24) is 0 Å². The highest BCUT2D eigenvalue weighted by atomic mass is 19.1. The van der Waals surface area contributed by atoms with Crippen LogP contribution in [-0.4, -0.2) is 13.7 Å². The maximum atomic E-state index is 13.3. The normalized spacial score (nSPS) is 19.2. The third-order valence-electron chi connectivity index (χ3n) is 3.50. The highest BCUT2D eigenvalue weighted by Gasteiger charge is 2.45. The molecule has 0 bridgehead atoms. The van der Waals surface area contributed by atoms with E-state index in [9.17, 15) is 4.39 Å². The predicted molar refractivity (Wildman–Crippen MR) is 62.5 cm³/mol. The zero-order valence-electron chi connectivity index (χ0n) is 9.79. The van der Waals surface area contributed by atoms with Crippen molar-refractivity contribution in [1.29, 1.82) is 0 Å². The molecule has 16 heavy (non-hydrogen) atoms. The molecule has 0 heterocycles. The molecule has 0 radical (unpaired) electrons. The van der Waals surface area contributed by atoms with Gasteiger partial charge in [-0.25, -0.2) is 4.39 Å². The average molecular weight is 223 g/mol. The number of ether oxygens (including phenoxy) is 1. The van der Waals surface area contributed by atoms with Gasteiger partial charge in [-0.1, -0.05) is 6.07 Å². The van der Waals surface area contributed by atoms with Gasteiger partial charge in [-0.05, 0) is 37.5 Å². The lowest BCUT2D eigenvalue weighted by Gasteiger charge is -2.18. The molecule has 1 aliphatic carbocycles. The van der Waals surface area contributed by atoms with Gasteiger partial charge >= 0.3 is 0 Å². The van der Waals surface area contributed by atoms with Crippen molar-refractivity contribution in [3.8, 4) is 5.75 Å². The van der Waals surface area contributed by atoms with Gasteiger partial charge in [0, 0.05) is 17.5 Å². The van der Waals surface area contributed by atoms with E-state index in [-0.39, 0.29) is 5.41 Å². The summed E-state index contributed by atoms with van der Waals surface area (Å²) >= 11 is 0. The SMILES string of the molecule is COc1ccc(C(C)F)cc1C1(CN)CC1. The van der Waals surface area contributed by atoms with E-state index in [1.807, 2.05) is 12.1 Å². The first-order valence-electron chi connectivity index (χ1n) is 5.65. The van der Waals surface area contributed by atoms with E-state index < -0.39 is 6.17 Å². The van der Waals surface area contributed by atoms with Crippen molar-refractivity contribution < 1.29 is 9.13 Å². The second-order valence-corrected chi connectivity index (χ2v) is 4.56. The molecule has 3 heteroatoms. The molecule has 2 N–H and O–H groups in total. The zero-order valence-corrected chi connectivity index (χ0v) is 9.79. The first-order chi connectivity index (χ1) is 7.63. The summed E-state index contributed by atoms with van der Waals surface area (Å²) in [5, 5.41) is 0. The lowest BCUT2D eigenvalue weighted by atomic mass is 9.92. The number of hydrogen-bond donors (Lipinski definition) is 1. The molecule has 1 aliphatic rings. The van der Waals surface area contributed by atoms with E-state index in [0.29, 0.717) is 12.1 Å². The molecule has 1 saturated carbocycles. The minimum atomic E-state index is -0.946. The van der Waals surface area contributed by atoms with Crippen LogP contribution in [0, 0.1) is 0 Å². The Morgan fingerprint density at radius 2 is 2.19 bits per heavy atom. The molecule has 0 amide bonds. The van der Waals surface area contributed by atoms with Gasteiger partial charge in [-0.15, -0.1) is 0 Å². The monoisotopic (exact) mass is 223 g/mol. The van der Waals surface area contributed by atoms with Gasteiger partial charge in [0.25, 0.3) is 0 Å². The van der Waals surface area contributed by atoms with Crippen LogP contribution < -0.4 is 10.5 Å². The smallest absolute Gasteiger partial charge is 0.122 e. The van der Waals surface area contributed by atoms with E-state index in [4.69, 9.17) is 10.5 Å². The fourth-order valence-corrected chi connectivity index (χ4v) is 2.12. The lowest BCUT2D eigenvalue weighted by molar-refractivity contribution is 0.371. The van der Waals surface area contributed by atoms with Gasteiger partial charge in [0.15, 0.2) is 0 Å². The number of benzene rings is 1. The number of alkyl halides is 1. The number of hydrogen-bond acceptors (Lipinski definition) is 2. The van der Waals surface area contributed by atoms with Crippen LogP contribution in [0.1, 0.15) is 37.1 Å². The van der Waals surface area contributed by atoms with Crippen molar-refractivity contribution in [2.45, 2.75) is 31.4 Å². The molecule has 88 valence electrons. The van der Waals surface area contributed by atoms with E-state index in [0.717, 1.165) is 24.2 Å². The summed E-state index contributed by atoms with van der Waals surface area (Å²) in [7, 11) is 1.64. The Morgan fingerprint density at radius 1 is 1.50 bits per heavy atom. The molecule has 0 aromatic heterocycles. The van der Waals surface area contributed by atoms with Crippen molar-refractivity contribution >= 4 is 0 Å². The highest BCUT2D eigenvalue weighted by Crippen LogP contribution is 2.51. The fourth-order valence-electron chi connectivity index (χ4n) is 2.12. The van der Waals surface area contributed by atoms with Gasteiger partial charge in [-0.2, -0.15) is 0 Å². The third-order valence-corrected chi connectivity index (χ3v) is 3.50. The van der Waals surface area contributed by atoms with Gasteiger partial charge in [0.1, 0.15) is 11.9 Å². The topological polar surface area (TPSA) is 35.2 Å². The Bertz CT molecular complexity index is 386. The predicted octanol–water partition coefficient (Wildman–Crippen LogP) is 2.72. The van der Waals surface area contributed by atoms with Crippen LogP contribution in [0.4, 0.5) is 4.39 Å². The molecule has 0 aliphatic heterocycles. The summed E-state index contributed by atoms with van der Waals surface area (Å²) < 4.78 is 18.6. The van der Waals surface area contributed by atoms with Crippen molar-refractivity contribution in [2.75, 3.05) is 13.7 Å². The van der Waals surface area contributed by atoms with E-state index in [1.165, 1.54) is 0 Å². The Labute approximate surface area is 95.6 Å². The number of nitrogens with two attached hydrogens (primary N) is 1. The maximum Gasteiger partial charge on any atom is 0.122 e. The Kier molecular flexibility index (Phi) is 2.89. The molecule has 2 rings (SSSR count). The van der Waals surface area contributed by atoms with Crippen LogP contribution in [0.3, 0.4) is 0 Å². The summed E-state index contributed by atoms with van der Waals surface area (Å²) in [6.07, 6.45) is 1.20. The average Bonchev–Trinajstić information content (AvgIpc) is 3.09. The minimum absolute atomic E-state index is 0.0379. The molecule has 1 aromatic rings. The molecular formula is C13H18FNO. The standard InChI is InChI=1S/C13H18FNO/c1-9(14)10-3-4-12(16-2)11(7-10)13(8-15)5-6-13/h3-4,7,9H,5-6,8,15H2,1-2H3. The molecule has 1 fully saturated rings. The van der Waals surface area contributed by atoms with Gasteiger partial charge in [-0.3, -0.25) is 0 Å². The Hall–Kier alpha value is -1.09. The molecule has 0 spiro atoms. The number of rotatable bonds is 4. The molecular weight excluding hydrogens is 205 g/mol. The molecule has 0 saturated heterocycles. The van der Waals surface area contributed by atoms with Crippen LogP contribution in [0.5, 0.6) is 5.75 Å². The summed E-state index contributed by atoms with van der Waals surface area (Å²) in [5.74, 6) is 0.826. The van der Waals surface area contributed by atoms with E-state index >= 15 is 0 Å². The van der Waals surface area contributed by atoms with Crippen LogP contribution in [0.15, 0.2) is 18.2 Å². The van der Waals surface area contributed by atoms with Crippen LogP contribution in [0.2, 0.25) is 0 Å². The summed E-state index contributed by atoms with van der Waals surface area (Å²) in [4.78, 5) is 0. The Morgan fingerprint density at radius 3 is 2.62 bits per heavy atom. The second-order valence-electron chi connectivity index (χ2n) is 4.56. The first kappa shape index (κ1) is 11.4. The quantitative estimate of drug-likeness (QED) is 0.851. The van der Waals surface area contributed by atoms with Crippen molar-refractivity contribution in [3.05, 3.63) is 29.3 Å². The molecule has 1 atom stereocenters. The lowest BCUT2D eigenvalue weighted by Crippen LogP contribution is -2.20. The van der Waals surface area contributed by atoms with Gasteiger partial charge in [0.05, 0.1) is 7.11 Å². The first-order valence-corrected chi connectivity index (χ1v) is 5.65. The maximum absolute atomic E-state index is 13.3. The molecule has 2 nitrogen and oxygen atoms in total. The van der Waals surface area contributed by atoms with Crippen LogP contribution in [0.25, 0.3) is 0 Å². The summed E-state index contributed by atoms with van der Waals surface area (Å²) in [6, 6.07) is 5.53. The second kappa shape index (κ2) is 4.06. The van der Waals surface area contributed by atoms with E-state index in [1.54, 1.807) is 20.1 Å². The van der Waals surface area contributed by atoms with Crippen LogP contribution >= 0.6 is 0 Å². The molecule has 1 aromatic carbocycles. The molecule has 1 unspecified atom stereocenters. The summed E-state index contributed by atoms with van der Waals surface area (Å²) in [5.41, 5.74) is 7.61.